The van der Waals surface area contributed by atoms with E-state index in [1.54, 1.807) is 10.9 Å². The van der Waals surface area contributed by atoms with Gasteiger partial charge in [0.05, 0.1) is 6.54 Å². The Hall–Kier alpha value is -1.19. The highest BCUT2D eigenvalue weighted by atomic mass is 15.6. The molecule has 0 radical (unpaired) electrons. The first-order valence-electron chi connectivity index (χ1n) is 3.74. The summed E-state index contributed by atoms with van der Waals surface area (Å²) >= 11 is 0. The van der Waals surface area contributed by atoms with Crippen LogP contribution in [0.25, 0.3) is 0 Å². The van der Waals surface area contributed by atoms with Crippen molar-refractivity contribution in [2.45, 2.75) is 26.3 Å². The highest BCUT2D eigenvalue weighted by Crippen LogP contribution is 1.89. The van der Waals surface area contributed by atoms with Gasteiger partial charge in [-0.2, -0.15) is 4.80 Å². The van der Waals surface area contributed by atoms with E-state index in [1.807, 2.05) is 0 Å². The summed E-state index contributed by atoms with van der Waals surface area (Å²) in [6.07, 6.45) is 3.50. The van der Waals surface area contributed by atoms with Crippen molar-refractivity contribution in [2.75, 3.05) is 0 Å². The summed E-state index contributed by atoms with van der Waals surface area (Å²) in [5.74, 6) is 0.744. The minimum atomic E-state index is 0.698. The van der Waals surface area contributed by atoms with E-state index in [9.17, 15) is 0 Å². The molecule has 1 aromatic rings. The second-order valence-electron chi connectivity index (χ2n) is 2.29. The molecule has 0 saturated heterocycles. The van der Waals surface area contributed by atoms with Crippen molar-refractivity contribution in [1.29, 1.82) is 0 Å². The van der Waals surface area contributed by atoms with Gasteiger partial charge in [-0.05, 0) is 11.6 Å². The second-order valence-corrected chi connectivity index (χ2v) is 2.29. The van der Waals surface area contributed by atoms with Gasteiger partial charge in [0, 0.05) is 6.42 Å². The summed E-state index contributed by atoms with van der Waals surface area (Å²) in [6.45, 7) is 6.51. The van der Waals surface area contributed by atoms with Crippen molar-refractivity contribution in [3.8, 4) is 0 Å². The van der Waals surface area contributed by atoms with Gasteiger partial charge in [-0.15, -0.1) is 16.8 Å². The van der Waals surface area contributed by atoms with Crippen molar-refractivity contribution in [2.24, 2.45) is 0 Å². The quantitative estimate of drug-likeness (QED) is 0.600. The van der Waals surface area contributed by atoms with Crippen LogP contribution in [0.3, 0.4) is 0 Å². The number of aromatic nitrogens is 4. The van der Waals surface area contributed by atoms with E-state index in [4.69, 9.17) is 0 Å². The molecule has 1 aromatic heterocycles. The molecular weight excluding hydrogens is 140 g/mol. The first-order chi connectivity index (χ1) is 5.36. The van der Waals surface area contributed by atoms with Crippen LogP contribution in [0, 0.1) is 0 Å². The molecule has 0 unspecified atom stereocenters. The molecule has 0 aromatic carbocycles. The van der Waals surface area contributed by atoms with Crippen LogP contribution in [0.1, 0.15) is 19.2 Å². The number of tetrazole rings is 1. The van der Waals surface area contributed by atoms with E-state index in [0.29, 0.717) is 6.42 Å². The van der Waals surface area contributed by atoms with E-state index in [2.05, 4.69) is 28.9 Å². The van der Waals surface area contributed by atoms with E-state index in [-0.39, 0.29) is 0 Å². The number of allylic oxidation sites excluding steroid dienone is 1. The van der Waals surface area contributed by atoms with Gasteiger partial charge in [0.15, 0.2) is 5.82 Å². The normalized spacial score (nSPS) is 9.91. The number of hydrogen-bond donors (Lipinski definition) is 0. The molecule has 0 aliphatic rings. The van der Waals surface area contributed by atoms with Crippen molar-refractivity contribution in [3.05, 3.63) is 18.5 Å². The zero-order valence-electron chi connectivity index (χ0n) is 6.69. The Morgan fingerprint density at radius 1 is 1.64 bits per heavy atom. The van der Waals surface area contributed by atoms with Gasteiger partial charge >= 0.3 is 0 Å². The molecule has 11 heavy (non-hydrogen) atoms. The van der Waals surface area contributed by atoms with Crippen LogP contribution in [0.5, 0.6) is 0 Å². The molecule has 0 aliphatic carbocycles. The predicted molar refractivity (Wildman–Crippen MR) is 42.0 cm³/mol. The Kier molecular flexibility index (Phi) is 2.77. The van der Waals surface area contributed by atoms with Crippen molar-refractivity contribution in [1.82, 2.24) is 20.2 Å². The van der Waals surface area contributed by atoms with E-state index in [0.717, 1.165) is 18.8 Å². The third-order valence-corrected chi connectivity index (χ3v) is 1.24. The molecule has 4 nitrogen and oxygen atoms in total. The van der Waals surface area contributed by atoms with Crippen LogP contribution in [0.2, 0.25) is 0 Å². The monoisotopic (exact) mass is 152 g/mol. The summed E-state index contributed by atoms with van der Waals surface area (Å²) in [4.78, 5) is 1.61. The Morgan fingerprint density at radius 2 is 2.45 bits per heavy atom. The third-order valence-electron chi connectivity index (χ3n) is 1.24. The maximum absolute atomic E-state index is 4.11. The number of rotatable bonds is 4. The Bertz CT molecular complexity index is 228. The van der Waals surface area contributed by atoms with Crippen molar-refractivity contribution >= 4 is 0 Å². The lowest BCUT2D eigenvalue weighted by Gasteiger charge is -1.90. The van der Waals surface area contributed by atoms with Gasteiger partial charge in [0.25, 0.3) is 0 Å². The molecule has 0 N–H and O–H groups in total. The fraction of sp³-hybridized carbons (Fsp3) is 0.571. The first-order valence-corrected chi connectivity index (χ1v) is 3.74. The van der Waals surface area contributed by atoms with Crippen LogP contribution in [0.4, 0.5) is 0 Å². The Balaban J connectivity index is 2.57. The number of aryl methyl sites for hydroxylation is 1. The van der Waals surface area contributed by atoms with Crippen LogP contribution in [0.15, 0.2) is 12.7 Å². The lowest BCUT2D eigenvalue weighted by Crippen LogP contribution is -2.01. The SMILES string of the molecule is C=CCc1nnn(CCC)n1. The summed E-state index contributed by atoms with van der Waals surface area (Å²) in [6, 6.07) is 0. The van der Waals surface area contributed by atoms with E-state index >= 15 is 0 Å². The van der Waals surface area contributed by atoms with Crippen molar-refractivity contribution < 1.29 is 0 Å². The Morgan fingerprint density at radius 3 is 3.09 bits per heavy atom. The standard InChI is InChI=1S/C7H12N4/c1-3-5-7-8-10-11(9-7)6-4-2/h3H,1,4-6H2,2H3. The molecule has 0 saturated carbocycles. The van der Waals surface area contributed by atoms with Gasteiger partial charge in [-0.1, -0.05) is 13.0 Å². The predicted octanol–water partition coefficient (Wildman–Crippen LogP) is 0.812. The number of hydrogen-bond acceptors (Lipinski definition) is 3. The largest absolute Gasteiger partial charge is 0.178 e. The first kappa shape index (κ1) is 7.91. The molecule has 1 heterocycles. The molecule has 4 heteroatoms. The molecule has 0 amide bonds. The highest BCUT2D eigenvalue weighted by Gasteiger charge is 1.97. The van der Waals surface area contributed by atoms with Gasteiger partial charge in [-0.3, -0.25) is 0 Å². The average Bonchev–Trinajstić information content (AvgIpc) is 2.38. The molecule has 0 fully saturated rings. The third kappa shape index (κ3) is 2.14. The number of nitrogens with zero attached hydrogens (tertiary/aromatic N) is 4. The zero-order valence-corrected chi connectivity index (χ0v) is 6.69. The van der Waals surface area contributed by atoms with Crippen LogP contribution in [-0.2, 0) is 13.0 Å². The molecule has 60 valence electrons. The average molecular weight is 152 g/mol. The fourth-order valence-corrected chi connectivity index (χ4v) is 0.782. The highest BCUT2D eigenvalue weighted by molar-refractivity contribution is 4.86. The molecule has 1 rings (SSSR count). The maximum Gasteiger partial charge on any atom is 0.178 e. The topological polar surface area (TPSA) is 43.6 Å². The minimum absolute atomic E-state index is 0.698. The lowest BCUT2D eigenvalue weighted by molar-refractivity contribution is 0.513. The maximum atomic E-state index is 4.11. The fourth-order valence-electron chi connectivity index (χ4n) is 0.782. The van der Waals surface area contributed by atoms with Crippen LogP contribution in [-0.4, -0.2) is 20.2 Å². The summed E-state index contributed by atoms with van der Waals surface area (Å²) in [7, 11) is 0. The Labute approximate surface area is 65.9 Å². The molecular formula is C7H12N4. The molecule has 0 aliphatic heterocycles. The molecule has 0 atom stereocenters. The smallest absolute Gasteiger partial charge is 0.164 e. The van der Waals surface area contributed by atoms with Gasteiger partial charge in [-0.25, -0.2) is 0 Å². The van der Waals surface area contributed by atoms with E-state index in [1.165, 1.54) is 0 Å². The van der Waals surface area contributed by atoms with Crippen LogP contribution >= 0.6 is 0 Å². The zero-order chi connectivity index (χ0) is 8.10. The van der Waals surface area contributed by atoms with Gasteiger partial charge < -0.3 is 0 Å². The van der Waals surface area contributed by atoms with Gasteiger partial charge in [0.2, 0.25) is 0 Å². The summed E-state index contributed by atoms with van der Waals surface area (Å²) in [5, 5.41) is 11.8. The summed E-state index contributed by atoms with van der Waals surface area (Å²) < 4.78 is 0. The molecule has 0 bridgehead atoms. The summed E-state index contributed by atoms with van der Waals surface area (Å²) in [5.41, 5.74) is 0. The van der Waals surface area contributed by atoms with Crippen molar-refractivity contribution in [3.63, 3.8) is 0 Å². The van der Waals surface area contributed by atoms with E-state index < -0.39 is 0 Å². The van der Waals surface area contributed by atoms with Gasteiger partial charge in [0.1, 0.15) is 0 Å². The van der Waals surface area contributed by atoms with Crippen LogP contribution < -0.4 is 0 Å². The second kappa shape index (κ2) is 3.85. The lowest BCUT2D eigenvalue weighted by atomic mass is 10.4. The minimum Gasteiger partial charge on any atom is -0.164 e. The molecule has 0 spiro atoms.